The van der Waals surface area contributed by atoms with Crippen molar-refractivity contribution in [3.8, 4) is 5.75 Å². The maximum atomic E-state index is 14.0. The molecule has 0 amide bonds. The maximum absolute atomic E-state index is 14.0. The molecule has 1 aromatic carbocycles. The normalized spacial score (nSPS) is 14.0. The number of aromatic nitrogens is 2. The van der Waals surface area contributed by atoms with Gasteiger partial charge in [-0.1, -0.05) is 19.1 Å². The molecule has 0 aliphatic carbocycles. The second-order valence-corrected chi connectivity index (χ2v) is 4.96. The Bertz CT molecular complexity index is 639. The van der Waals surface area contributed by atoms with Gasteiger partial charge in [-0.3, -0.25) is 4.68 Å². The third-order valence-electron chi connectivity index (χ3n) is 3.40. The molecule has 6 heteroatoms. The number of ether oxygens (including phenoxy) is 1. The minimum absolute atomic E-state index is 0.154. The number of methoxy groups -OCH3 is 1. The Morgan fingerprint density at radius 2 is 2.10 bits per heavy atom. The van der Waals surface area contributed by atoms with E-state index in [4.69, 9.17) is 4.74 Å². The van der Waals surface area contributed by atoms with Crippen molar-refractivity contribution in [1.82, 2.24) is 9.78 Å². The standard InChI is InChI=1S/C15H18F2N2O2/c1-4-8-19-14(12(21-3)9-18-19)15(2,20)10-6-5-7-11(16)13(10)17/h5-7,9,20H,4,8H2,1-3H3. The second kappa shape index (κ2) is 5.81. The molecule has 0 aliphatic rings. The van der Waals surface area contributed by atoms with Gasteiger partial charge in [-0.05, 0) is 19.4 Å². The van der Waals surface area contributed by atoms with Gasteiger partial charge in [-0.25, -0.2) is 8.78 Å². The number of benzene rings is 1. The summed E-state index contributed by atoms with van der Waals surface area (Å²) in [5.74, 6) is -1.75. The molecule has 0 bridgehead atoms. The first-order chi connectivity index (χ1) is 9.93. The largest absolute Gasteiger partial charge is 0.493 e. The molecule has 2 rings (SSSR count). The van der Waals surface area contributed by atoms with Crippen molar-refractivity contribution in [1.29, 1.82) is 0 Å². The maximum Gasteiger partial charge on any atom is 0.165 e. The molecule has 0 radical (unpaired) electrons. The van der Waals surface area contributed by atoms with E-state index in [-0.39, 0.29) is 5.56 Å². The fourth-order valence-electron chi connectivity index (χ4n) is 2.40. The summed E-state index contributed by atoms with van der Waals surface area (Å²) in [7, 11) is 1.44. The van der Waals surface area contributed by atoms with E-state index in [2.05, 4.69) is 5.10 Å². The van der Waals surface area contributed by atoms with E-state index < -0.39 is 17.2 Å². The van der Waals surface area contributed by atoms with Crippen LogP contribution in [0.1, 0.15) is 31.5 Å². The molecule has 21 heavy (non-hydrogen) atoms. The van der Waals surface area contributed by atoms with Gasteiger partial charge < -0.3 is 9.84 Å². The lowest BCUT2D eigenvalue weighted by molar-refractivity contribution is 0.0833. The van der Waals surface area contributed by atoms with E-state index >= 15 is 0 Å². The lowest BCUT2D eigenvalue weighted by Crippen LogP contribution is -2.29. The van der Waals surface area contributed by atoms with Crippen LogP contribution in [-0.4, -0.2) is 22.0 Å². The molecule has 2 aromatic rings. The van der Waals surface area contributed by atoms with E-state index in [0.717, 1.165) is 12.5 Å². The number of aryl methyl sites for hydroxylation is 1. The minimum atomic E-state index is -1.76. The first-order valence-corrected chi connectivity index (χ1v) is 6.70. The fourth-order valence-corrected chi connectivity index (χ4v) is 2.40. The number of aliphatic hydroxyl groups is 1. The van der Waals surface area contributed by atoms with Crippen molar-refractivity contribution < 1.29 is 18.6 Å². The van der Waals surface area contributed by atoms with Gasteiger partial charge in [0.25, 0.3) is 0 Å². The van der Waals surface area contributed by atoms with Crippen molar-refractivity contribution in [2.75, 3.05) is 7.11 Å². The van der Waals surface area contributed by atoms with Crippen molar-refractivity contribution in [2.24, 2.45) is 0 Å². The molecule has 0 fully saturated rings. The van der Waals surface area contributed by atoms with E-state index in [0.29, 0.717) is 18.0 Å². The number of nitrogens with zero attached hydrogens (tertiary/aromatic N) is 2. The molecule has 1 heterocycles. The third kappa shape index (κ3) is 2.63. The van der Waals surface area contributed by atoms with E-state index in [1.165, 1.54) is 32.4 Å². The Balaban J connectivity index is 2.62. The summed E-state index contributed by atoms with van der Waals surface area (Å²) in [5, 5.41) is 15.0. The van der Waals surface area contributed by atoms with Crippen LogP contribution >= 0.6 is 0 Å². The molecule has 1 atom stereocenters. The number of hydrogen-bond donors (Lipinski definition) is 1. The van der Waals surface area contributed by atoms with Crippen LogP contribution in [0.5, 0.6) is 5.75 Å². The Morgan fingerprint density at radius 1 is 1.38 bits per heavy atom. The molecule has 1 N–H and O–H groups in total. The predicted molar refractivity (Wildman–Crippen MR) is 74.1 cm³/mol. The van der Waals surface area contributed by atoms with Gasteiger partial charge in [-0.2, -0.15) is 5.10 Å². The molecule has 1 unspecified atom stereocenters. The van der Waals surface area contributed by atoms with Crippen molar-refractivity contribution in [3.05, 3.63) is 47.3 Å². The molecule has 0 aliphatic heterocycles. The molecule has 0 saturated carbocycles. The van der Waals surface area contributed by atoms with Crippen LogP contribution in [0.4, 0.5) is 8.78 Å². The molecular formula is C15H18F2N2O2. The summed E-state index contributed by atoms with van der Waals surface area (Å²) in [6.45, 7) is 3.89. The summed E-state index contributed by atoms with van der Waals surface area (Å²) in [6.07, 6.45) is 2.23. The summed E-state index contributed by atoms with van der Waals surface area (Å²) in [4.78, 5) is 0. The van der Waals surface area contributed by atoms with Gasteiger partial charge in [0.05, 0.1) is 13.3 Å². The van der Waals surface area contributed by atoms with Crippen molar-refractivity contribution in [2.45, 2.75) is 32.4 Å². The summed E-state index contributed by atoms with van der Waals surface area (Å²) in [5.41, 5.74) is -1.61. The zero-order chi connectivity index (χ0) is 15.6. The molecule has 0 spiro atoms. The number of halogens is 2. The highest BCUT2D eigenvalue weighted by Gasteiger charge is 2.36. The lowest BCUT2D eigenvalue weighted by Gasteiger charge is -2.26. The molecule has 1 aromatic heterocycles. The van der Waals surface area contributed by atoms with Gasteiger partial charge in [0.15, 0.2) is 17.4 Å². The van der Waals surface area contributed by atoms with Gasteiger partial charge in [0, 0.05) is 12.1 Å². The molecule has 0 saturated heterocycles. The second-order valence-electron chi connectivity index (χ2n) is 4.96. The highest BCUT2D eigenvalue weighted by molar-refractivity contribution is 5.40. The van der Waals surface area contributed by atoms with Crippen LogP contribution in [0.15, 0.2) is 24.4 Å². The van der Waals surface area contributed by atoms with E-state index in [1.54, 1.807) is 4.68 Å². The quantitative estimate of drug-likeness (QED) is 0.923. The first-order valence-electron chi connectivity index (χ1n) is 6.70. The van der Waals surface area contributed by atoms with Gasteiger partial charge >= 0.3 is 0 Å². The SMILES string of the molecule is CCCn1ncc(OC)c1C(C)(O)c1cccc(F)c1F. The smallest absolute Gasteiger partial charge is 0.165 e. The number of hydrogen-bond acceptors (Lipinski definition) is 3. The highest BCUT2D eigenvalue weighted by Crippen LogP contribution is 2.37. The van der Waals surface area contributed by atoms with Gasteiger partial charge in [0.1, 0.15) is 11.3 Å². The minimum Gasteiger partial charge on any atom is -0.493 e. The fraction of sp³-hybridized carbons (Fsp3) is 0.400. The monoisotopic (exact) mass is 296 g/mol. The van der Waals surface area contributed by atoms with Crippen LogP contribution in [0.25, 0.3) is 0 Å². The number of rotatable bonds is 5. The average molecular weight is 296 g/mol. The molecule has 4 nitrogen and oxygen atoms in total. The van der Waals surface area contributed by atoms with Crippen molar-refractivity contribution in [3.63, 3.8) is 0 Å². The van der Waals surface area contributed by atoms with Crippen LogP contribution < -0.4 is 4.74 Å². The van der Waals surface area contributed by atoms with Crippen LogP contribution in [0.3, 0.4) is 0 Å². The summed E-state index contributed by atoms with van der Waals surface area (Å²) in [6, 6.07) is 3.71. The zero-order valence-corrected chi connectivity index (χ0v) is 12.2. The predicted octanol–water partition coefficient (Wildman–Crippen LogP) is 2.84. The molecular weight excluding hydrogens is 278 g/mol. The Hall–Kier alpha value is -1.95. The van der Waals surface area contributed by atoms with Crippen LogP contribution in [-0.2, 0) is 12.1 Å². The van der Waals surface area contributed by atoms with Gasteiger partial charge in [0.2, 0.25) is 0 Å². The lowest BCUT2D eigenvalue weighted by atomic mass is 9.91. The first kappa shape index (κ1) is 15.4. The summed E-state index contributed by atoms with van der Waals surface area (Å²) < 4.78 is 34.2. The topological polar surface area (TPSA) is 47.3 Å². The Kier molecular flexibility index (Phi) is 4.27. The Morgan fingerprint density at radius 3 is 2.71 bits per heavy atom. The van der Waals surface area contributed by atoms with Crippen LogP contribution in [0.2, 0.25) is 0 Å². The molecule has 114 valence electrons. The third-order valence-corrected chi connectivity index (χ3v) is 3.40. The average Bonchev–Trinajstić information content (AvgIpc) is 2.85. The van der Waals surface area contributed by atoms with Gasteiger partial charge in [-0.15, -0.1) is 0 Å². The highest BCUT2D eigenvalue weighted by atomic mass is 19.2. The van der Waals surface area contributed by atoms with Crippen molar-refractivity contribution >= 4 is 0 Å². The Labute approximate surface area is 122 Å². The summed E-state index contributed by atoms with van der Waals surface area (Å²) >= 11 is 0. The van der Waals surface area contributed by atoms with Crippen LogP contribution in [0, 0.1) is 11.6 Å². The van der Waals surface area contributed by atoms with E-state index in [1.807, 2.05) is 6.92 Å². The van der Waals surface area contributed by atoms with E-state index in [9.17, 15) is 13.9 Å². The zero-order valence-electron chi connectivity index (χ0n) is 12.2.